The zero-order valence-corrected chi connectivity index (χ0v) is 12.3. The fraction of sp³-hybridized carbons (Fsp3) is 0.312. The molecule has 0 spiro atoms. The van der Waals surface area contributed by atoms with E-state index in [1.165, 1.54) is 0 Å². The Balaban J connectivity index is 2.04. The number of carbonyl (C=O) groups excluding carboxylic acids is 1. The molecule has 0 aliphatic rings. The van der Waals surface area contributed by atoms with Gasteiger partial charge in [-0.15, -0.1) is 0 Å². The molecule has 0 fully saturated rings. The van der Waals surface area contributed by atoms with Gasteiger partial charge in [0.1, 0.15) is 6.54 Å². The first-order chi connectivity index (χ1) is 10.2. The molecule has 1 heterocycles. The van der Waals surface area contributed by atoms with Gasteiger partial charge in [-0.1, -0.05) is 13.8 Å². The first-order valence-corrected chi connectivity index (χ1v) is 7.01. The number of carbonyl (C=O) groups is 1. The number of nitrogens with one attached hydrogen (secondary N) is 1. The van der Waals surface area contributed by atoms with Crippen molar-refractivity contribution < 1.29 is 4.79 Å². The quantitative estimate of drug-likeness (QED) is 0.916. The molecule has 108 valence electrons. The molecule has 5 heteroatoms. The van der Waals surface area contributed by atoms with Crippen LogP contribution in [0.15, 0.2) is 30.3 Å². The summed E-state index contributed by atoms with van der Waals surface area (Å²) in [6, 6.07) is 10.9. The van der Waals surface area contributed by atoms with E-state index >= 15 is 0 Å². The Morgan fingerprint density at radius 2 is 2.00 bits per heavy atom. The van der Waals surface area contributed by atoms with Crippen LogP contribution in [0.25, 0.3) is 0 Å². The standard InChI is InChI=1S/C16H18N4O/c1-3-13-9-15(4-2)20(19-13)11-16(21)18-14-7-5-12(10-17)6-8-14/h5-9H,3-4,11H2,1-2H3,(H,18,21). The molecule has 0 bridgehead atoms. The van der Waals surface area contributed by atoms with Gasteiger partial charge in [0.15, 0.2) is 0 Å². The van der Waals surface area contributed by atoms with E-state index in [0.717, 1.165) is 24.2 Å². The predicted molar refractivity (Wildman–Crippen MR) is 80.8 cm³/mol. The molecule has 0 saturated carbocycles. The van der Waals surface area contributed by atoms with Gasteiger partial charge in [-0.2, -0.15) is 10.4 Å². The molecule has 1 amide bonds. The second-order valence-electron chi connectivity index (χ2n) is 4.73. The number of hydrogen-bond donors (Lipinski definition) is 1. The maximum absolute atomic E-state index is 12.1. The molecule has 0 aliphatic carbocycles. The SMILES string of the molecule is CCc1cc(CC)n(CC(=O)Nc2ccc(C#N)cc2)n1. The highest BCUT2D eigenvalue weighted by Crippen LogP contribution is 2.10. The number of aryl methyl sites for hydroxylation is 2. The molecule has 1 aromatic carbocycles. The van der Waals surface area contributed by atoms with Gasteiger partial charge in [0.05, 0.1) is 17.3 Å². The Morgan fingerprint density at radius 1 is 1.29 bits per heavy atom. The van der Waals surface area contributed by atoms with E-state index in [4.69, 9.17) is 5.26 Å². The maximum atomic E-state index is 12.1. The fourth-order valence-electron chi connectivity index (χ4n) is 2.07. The second-order valence-corrected chi connectivity index (χ2v) is 4.73. The van der Waals surface area contributed by atoms with Crippen molar-refractivity contribution in [3.05, 3.63) is 47.3 Å². The Bertz CT molecular complexity index is 665. The molecule has 1 N–H and O–H groups in total. The first kappa shape index (κ1) is 14.8. The molecule has 2 aromatic rings. The van der Waals surface area contributed by atoms with Crippen molar-refractivity contribution in [2.24, 2.45) is 0 Å². The van der Waals surface area contributed by atoms with Crippen LogP contribution >= 0.6 is 0 Å². The molecule has 2 rings (SSSR count). The van der Waals surface area contributed by atoms with Crippen molar-refractivity contribution in [3.63, 3.8) is 0 Å². The van der Waals surface area contributed by atoms with Crippen molar-refractivity contribution >= 4 is 11.6 Å². The lowest BCUT2D eigenvalue weighted by atomic mass is 10.2. The minimum atomic E-state index is -0.125. The summed E-state index contributed by atoms with van der Waals surface area (Å²) in [4.78, 5) is 12.1. The molecule has 0 saturated heterocycles. The van der Waals surface area contributed by atoms with Gasteiger partial charge in [-0.3, -0.25) is 9.48 Å². The van der Waals surface area contributed by atoms with Gasteiger partial charge in [0.25, 0.3) is 0 Å². The highest BCUT2D eigenvalue weighted by Gasteiger charge is 2.09. The minimum absolute atomic E-state index is 0.125. The summed E-state index contributed by atoms with van der Waals surface area (Å²) in [7, 11) is 0. The van der Waals surface area contributed by atoms with Gasteiger partial charge < -0.3 is 5.32 Å². The first-order valence-electron chi connectivity index (χ1n) is 7.01. The summed E-state index contributed by atoms with van der Waals surface area (Å²) in [5, 5.41) is 16.0. The van der Waals surface area contributed by atoms with Crippen LogP contribution < -0.4 is 5.32 Å². The monoisotopic (exact) mass is 282 g/mol. The third-order valence-electron chi connectivity index (χ3n) is 3.23. The largest absolute Gasteiger partial charge is 0.324 e. The summed E-state index contributed by atoms with van der Waals surface area (Å²) in [5.41, 5.74) is 3.31. The lowest BCUT2D eigenvalue weighted by molar-refractivity contribution is -0.116. The molecular formula is C16H18N4O. The highest BCUT2D eigenvalue weighted by molar-refractivity contribution is 5.90. The van der Waals surface area contributed by atoms with Crippen molar-refractivity contribution in [2.75, 3.05) is 5.32 Å². The van der Waals surface area contributed by atoms with Crippen molar-refractivity contribution in [1.82, 2.24) is 9.78 Å². The predicted octanol–water partition coefficient (Wildman–Crippen LogP) is 2.52. The summed E-state index contributed by atoms with van der Waals surface area (Å²) in [5.74, 6) is -0.125. The summed E-state index contributed by atoms with van der Waals surface area (Å²) in [6.45, 7) is 4.29. The molecule has 0 atom stereocenters. The van der Waals surface area contributed by atoms with E-state index in [1.807, 2.05) is 26.0 Å². The number of anilines is 1. The Hall–Kier alpha value is -2.61. The average molecular weight is 282 g/mol. The van der Waals surface area contributed by atoms with Crippen LogP contribution in [0.4, 0.5) is 5.69 Å². The molecular weight excluding hydrogens is 264 g/mol. The third-order valence-corrected chi connectivity index (χ3v) is 3.23. The Labute approximate surface area is 124 Å². The van der Waals surface area contributed by atoms with E-state index < -0.39 is 0 Å². The molecule has 0 radical (unpaired) electrons. The molecule has 21 heavy (non-hydrogen) atoms. The zero-order valence-electron chi connectivity index (χ0n) is 12.3. The van der Waals surface area contributed by atoms with Gasteiger partial charge in [0.2, 0.25) is 5.91 Å². The summed E-state index contributed by atoms with van der Waals surface area (Å²) >= 11 is 0. The highest BCUT2D eigenvalue weighted by atomic mass is 16.2. The molecule has 5 nitrogen and oxygen atoms in total. The normalized spacial score (nSPS) is 10.1. The molecule has 0 aliphatic heterocycles. The minimum Gasteiger partial charge on any atom is -0.324 e. The van der Waals surface area contributed by atoms with Crippen molar-refractivity contribution in [2.45, 2.75) is 33.2 Å². The van der Waals surface area contributed by atoms with Gasteiger partial charge in [-0.05, 0) is 43.2 Å². The van der Waals surface area contributed by atoms with Crippen molar-refractivity contribution in [1.29, 1.82) is 5.26 Å². The number of nitriles is 1. The maximum Gasteiger partial charge on any atom is 0.246 e. The van der Waals surface area contributed by atoms with Crippen LogP contribution in [-0.2, 0) is 24.2 Å². The molecule has 0 unspecified atom stereocenters. The zero-order chi connectivity index (χ0) is 15.2. The van der Waals surface area contributed by atoms with Gasteiger partial charge >= 0.3 is 0 Å². The summed E-state index contributed by atoms with van der Waals surface area (Å²) in [6.07, 6.45) is 1.70. The van der Waals surface area contributed by atoms with Crippen LogP contribution in [-0.4, -0.2) is 15.7 Å². The average Bonchev–Trinajstić information content (AvgIpc) is 2.90. The number of aromatic nitrogens is 2. The number of amides is 1. The lowest BCUT2D eigenvalue weighted by Crippen LogP contribution is -2.20. The third kappa shape index (κ3) is 3.69. The molecule has 1 aromatic heterocycles. The Kier molecular flexibility index (Phi) is 4.72. The van der Waals surface area contributed by atoms with Crippen LogP contribution in [0.5, 0.6) is 0 Å². The fourth-order valence-corrected chi connectivity index (χ4v) is 2.07. The van der Waals surface area contributed by atoms with Crippen molar-refractivity contribution in [3.8, 4) is 6.07 Å². The van der Waals surface area contributed by atoms with E-state index in [9.17, 15) is 4.79 Å². The number of hydrogen-bond acceptors (Lipinski definition) is 3. The van der Waals surface area contributed by atoms with Crippen LogP contribution in [0.2, 0.25) is 0 Å². The number of benzene rings is 1. The lowest BCUT2D eigenvalue weighted by Gasteiger charge is -2.07. The van der Waals surface area contributed by atoms with E-state index in [2.05, 4.69) is 10.4 Å². The summed E-state index contributed by atoms with van der Waals surface area (Å²) < 4.78 is 1.75. The van der Waals surface area contributed by atoms with Crippen LogP contribution in [0.1, 0.15) is 30.8 Å². The van der Waals surface area contributed by atoms with Crippen LogP contribution in [0.3, 0.4) is 0 Å². The number of nitrogens with zero attached hydrogens (tertiary/aromatic N) is 3. The van der Waals surface area contributed by atoms with E-state index in [0.29, 0.717) is 11.3 Å². The van der Waals surface area contributed by atoms with Gasteiger partial charge in [0, 0.05) is 11.4 Å². The van der Waals surface area contributed by atoms with Gasteiger partial charge in [-0.25, -0.2) is 0 Å². The Morgan fingerprint density at radius 3 is 2.57 bits per heavy atom. The topological polar surface area (TPSA) is 70.7 Å². The van der Waals surface area contributed by atoms with E-state index in [1.54, 1.807) is 28.9 Å². The second kappa shape index (κ2) is 6.71. The smallest absolute Gasteiger partial charge is 0.246 e. The van der Waals surface area contributed by atoms with Crippen LogP contribution in [0, 0.1) is 11.3 Å². The van der Waals surface area contributed by atoms with E-state index in [-0.39, 0.29) is 12.5 Å². The number of rotatable bonds is 5.